The molecule has 0 aliphatic carbocycles. The van der Waals surface area contributed by atoms with Gasteiger partial charge in [0.2, 0.25) is 0 Å². The van der Waals surface area contributed by atoms with E-state index in [1.807, 2.05) is 61.6 Å². The van der Waals surface area contributed by atoms with Gasteiger partial charge in [0.05, 0.1) is 5.69 Å². The molecule has 0 unspecified atom stereocenters. The van der Waals surface area contributed by atoms with Gasteiger partial charge in [-0.15, -0.1) is 0 Å². The summed E-state index contributed by atoms with van der Waals surface area (Å²) in [6.07, 6.45) is 0. The van der Waals surface area contributed by atoms with Gasteiger partial charge in [0, 0.05) is 23.1 Å². The van der Waals surface area contributed by atoms with Gasteiger partial charge in [-0.2, -0.15) is 0 Å². The van der Waals surface area contributed by atoms with Crippen LogP contribution in [0.3, 0.4) is 0 Å². The van der Waals surface area contributed by atoms with Gasteiger partial charge in [0.1, 0.15) is 0 Å². The average Bonchev–Trinajstić information content (AvgIpc) is 2.71. The highest BCUT2D eigenvalue weighted by molar-refractivity contribution is 8.00. The van der Waals surface area contributed by atoms with Crippen molar-refractivity contribution in [3.63, 3.8) is 0 Å². The Morgan fingerprint density at radius 3 is 2.35 bits per heavy atom. The fourth-order valence-corrected chi connectivity index (χ4v) is 3.87. The molecule has 1 heterocycles. The Balaban J connectivity index is 1.85. The van der Waals surface area contributed by atoms with Gasteiger partial charge >= 0.3 is 0 Å². The van der Waals surface area contributed by atoms with Gasteiger partial charge in [0.25, 0.3) is 0 Å². The van der Waals surface area contributed by atoms with E-state index in [9.17, 15) is 4.79 Å². The minimum atomic E-state index is 0.0899. The van der Waals surface area contributed by atoms with Crippen molar-refractivity contribution in [1.82, 2.24) is 0 Å². The first-order valence-electron chi connectivity index (χ1n) is 7.49. The van der Waals surface area contributed by atoms with E-state index < -0.39 is 0 Å². The summed E-state index contributed by atoms with van der Waals surface area (Å²) in [7, 11) is 2.00. The molecule has 0 N–H and O–H groups in total. The van der Waals surface area contributed by atoms with Crippen molar-refractivity contribution >= 4 is 23.4 Å². The fourth-order valence-electron chi connectivity index (χ4n) is 2.88. The summed E-state index contributed by atoms with van der Waals surface area (Å²) >= 11 is 1.60. The second kappa shape index (κ2) is 5.60. The van der Waals surface area contributed by atoms with Crippen LogP contribution in [-0.2, 0) is 0 Å². The van der Waals surface area contributed by atoms with Gasteiger partial charge in [-0.1, -0.05) is 48.5 Å². The molecule has 0 radical (unpaired) electrons. The third-order valence-corrected chi connectivity index (χ3v) is 5.06. The van der Waals surface area contributed by atoms with E-state index in [-0.39, 0.29) is 5.78 Å². The summed E-state index contributed by atoms with van der Waals surface area (Å²) in [4.78, 5) is 13.9. The zero-order chi connectivity index (χ0) is 15.8. The molecule has 112 valence electrons. The van der Waals surface area contributed by atoms with Crippen LogP contribution in [0.15, 0.2) is 77.7 Å². The first-order valence-corrected chi connectivity index (χ1v) is 8.26. The minimum absolute atomic E-state index is 0.0899. The quantitative estimate of drug-likeness (QED) is 0.586. The lowest BCUT2D eigenvalue weighted by molar-refractivity contribution is 0.103. The smallest absolute Gasteiger partial charge is 0.196 e. The Kier molecular flexibility index (Phi) is 3.43. The standard InChI is InChI=1S/C20H15NOS/c1-21-18-10-6-5-9-16(18)20(22)17-12-11-15(13-19(17)23-21)14-7-3-2-4-8-14/h2-13H,1H3. The van der Waals surface area contributed by atoms with Crippen LogP contribution in [0.25, 0.3) is 11.1 Å². The Morgan fingerprint density at radius 2 is 1.52 bits per heavy atom. The van der Waals surface area contributed by atoms with Crippen LogP contribution < -0.4 is 4.31 Å². The largest absolute Gasteiger partial charge is 0.314 e. The number of carbonyl (C=O) groups is 1. The fraction of sp³-hybridized carbons (Fsp3) is 0.0500. The number of nitrogens with zero attached hydrogens (tertiary/aromatic N) is 1. The molecular formula is C20H15NOS. The van der Waals surface area contributed by atoms with Crippen LogP contribution >= 0.6 is 11.9 Å². The summed E-state index contributed by atoms with van der Waals surface area (Å²) in [5, 5.41) is 0. The van der Waals surface area contributed by atoms with Crippen LogP contribution in [0.2, 0.25) is 0 Å². The topological polar surface area (TPSA) is 20.3 Å². The van der Waals surface area contributed by atoms with E-state index in [0.29, 0.717) is 0 Å². The number of fused-ring (bicyclic) bond motifs is 2. The van der Waals surface area contributed by atoms with E-state index in [2.05, 4.69) is 22.5 Å². The van der Waals surface area contributed by atoms with E-state index in [1.165, 1.54) is 0 Å². The molecule has 2 nitrogen and oxygen atoms in total. The molecule has 3 aromatic rings. The van der Waals surface area contributed by atoms with Crippen molar-refractivity contribution in [1.29, 1.82) is 0 Å². The molecule has 0 amide bonds. The van der Waals surface area contributed by atoms with Crippen molar-refractivity contribution in [2.75, 3.05) is 11.4 Å². The van der Waals surface area contributed by atoms with Gasteiger partial charge in [-0.25, -0.2) is 0 Å². The van der Waals surface area contributed by atoms with Crippen LogP contribution in [0, 0.1) is 0 Å². The Morgan fingerprint density at radius 1 is 0.783 bits per heavy atom. The first kappa shape index (κ1) is 14.1. The van der Waals surface area contributed by atoms with Gasteiger partial charge in [0.15, 0.2) is 5.78 Å². The lowest BCUT2D eigenvalue weighted by atomic mass is 9.98. The van der Waals surface area contributed by atoms with E-state index in [1.54, 1.807) is 11.9 Å². The van der Waals surface area contributed by atoms with Crippen molar-refractivity contribution in [2.24, 2.45) is 0 Å². The van der Waals surface area contributed by atoms with Gasteiger partial charge in [-0.05, 0) is 47.3 Å². The van der Waals surface area contributed by atoms with E-state index in [0.717, 1.165) is 32.8 Å². The van der Waals surface area contributed by atoms with Crippen molar-refractivity contribution in [3.05, 3.63) is 83.9 Å². The number of hydrogen-bond donors (Lipinski definition) is 0. The molecule has 1 aliphatic rings. The molecule has 0 spiro atoms. The second-order valence-corrected chi connectivity index (χ2v) is 6.68. The van der Waals surface area contributed by atoms with Gasteiger partial charge in [-0.3, -0.25) is 4.79 Å². The summed E-state index contributed by atoms with van der Waals surface area (Å²) in [6, 6.07) is 24.1. The second-order valence-electron chi connectivity index (χ2n) is 5.51. The van der Waals surface area contributed by atoms with Crippen LogP contribution in [0.1, 0.15) is 15.9 Å². The highest BCUT2D eigenvalue weighted by Crippen LogP contribution is 2.39. The van der Waals surface area contributed by atoms with E-state index in [4.69, 9.17) is 0 Å². The summed E-state index contributed by atoms with van der Waals surface area (Å²) in [5.41, 5.74) is 4.77. The monoisotopic (exact) mass is 317 g/mol. The predicted molar refractivity (Wildman–Crippen MR) is 96.0 cm³/mol. The zero-order valence-corrected chi connectivity index (χ0v) is 13.5. The third kappa shape index (κ3) is 2.43. The normalized spacial score (nSPS) is 13.3. The molecule has 3 aromatic carbocycles. The molecule has 1 aliphatic heterocycles. The molecule has 0 saturated carbocycles. The Bertz CT molecular complexity index is 889. The highest BCUT2D eigenvalue weighted by Gasteiger charge is 2.24. The Hall–Kier alpha value is -2.52. The van der Waals surface area contributed by atoms with Crippen molar-refractivity contribution in [3.8, 4) is 11.1 Å². The molecule has 4 rings (SSSR count). The van der Waals surface area contributed by atoms with Crippen LogP contribution in [0.5, 0.6) is 0 Å². The predicted octanol–water partition coefficient (Wildman–Crippen LogP) is 5.04. The molecule has 0 saturated heterocycles. The number of para-hydroxylation sites is 1. The summed E-state index contributed by atoms with van der Waals surface area (Å²) in [6.45, 7) is 0. The summed E-state index contributed by atoms with van der Waals surface area (Å²) < 4.78 is 2.06. The molecular weight excluding hydrogens is 302 g/mol. The molecule has 0 atom stereocenters. The molecule has 0 bridgehead atoms. The number of ketones is 1. The van der Waals surface area contributed by atoms with Gasteiger partial charge < -0.3 is 4.31 Å². The maximum absolute atomic E-state index is 12.9. The first-order chi connectivity index (χ1) is 11.2. The van der Waals surface area contributed by atoms with Crippen molar-refractivity contribution in [2.45, 2.75) is 4.90 Å². The SMILES string of the molecule is CN1Sc2cc(-c3ccccc3)ccc2C(=O)c2ccccc21. The maximum Gasteiger partial charge on any atom is 0.196 e. The van der Waals surface area contributed by atoms with Crippen LogP contribution in [0.4, 0.5) is 5.69 Å². The van der Waals surface area contributed by atoms with Crippen LogP contribution in [-0.4, -0.2) is 12.8 Å². The lowest BCUT2D eigenvalue weighted by Gasteiger charge is -2.17. The number of rotatable bonds is 1. The molecule has 0 aromatic heterocycles. The number of carbonyl (C=O) groups excluding carboxylic acids is 1. The lowest BCUT2D eigenvalue weighted by Crippen LogP contribution is -2.07. The minimum Gasteiger partial charge on any atom is -0.314 e. The number of benzene rings is 3. The summed E-state index contributed by atoms with van der Waals surface area (Å²) in [5.74, 6) is 0.0899. The highest BCUT2D eigenvalue weighted by atomic mass is 32.2. The van der Waals surface area contributed by atoms with Crippen molar-refractivity contribution < 1.29 is 4.79 Å². The molecule has 0 fully saturated rings. The third-order valence-electron chi connectivity index (χ3n) is 4.06. The zero-order valence-electron chi connectivity index (χ0n) is 12.7. The average molecular weight is 317 g/mol. The maximum atomic E-state index is 12.9. The van der Waals surface area contributed by atoms with E-state index >= 15 is 0 Å². The number of anilines is 1. The number of hydrogen-bond acceptors (Lipinski definition) is 3. The molecule has 3 heteroatoms. The molecule has 23 heavy (non-hydrogen) atoms. The Labute approximate surface area is 139 Å².